The van der Waals surface area contributed by atoms with E-state index in [1.54, 1.807) is 0 Å². The van der Waals surface area contributed by atoms with Gasteiger partial charge in [-0.05, 0) is 43.0 Å². The summed E-state index contributed by atoms with van der Waals surface area (Å²) in [6.45, 7) is 7.00. The van der Waals surface area contributed by atoms with E-state index in [1.165, 1.54) is 0 Å². The number of benzene rings is 1. The highest BCUT2D eigenvalue weighted by atomic mass is 16.2. The topological polar surface area (TPSA) is 46.3 Å². The second kappa shape index (κ2) is 4.06. The van der Waals surface area contributed by atoms with E-state index in [0.717, 1.165) is 17.8 Å². The van der Waals surface area contributed by atoms with Gasteiger partial charge in [0.15, 0.2) is 0 Å². The number of amides is 1. The molecule has 0 aliphatic heterocycles. The lowest BCUT2D eigenvalue weighted by molar-refractivity contribution is -0.120. The number of carbonyl (C=O) groups excluding carboxylic acids is 1. The van der Waals surface area contributed by atoms with Crippen molar-refractivity contribution in [2.45, 2.75) is 27.2 Å². The van der Waals surface area contributed by atoms with Crippen molar-refractivity contribution in [1.82, 2.24) is 0 Å². The molecule has 2 N–H and O–H groups in total. The molecule has 0 bridgehead atoms. The predicted molar refractivity (Wildman–Crippen MR) is 70.8 cm³/mol. The Kier molecular flexibility index (Phi) is 2.86. The van der Waals surface area contributed by atoms with Gasteiger partial charge in [0.1, 0.15) is 0 Å². The Bertz CT molecular complexity index is 422. The van der Waals surface area contributed by atoms with Crippen molar-refractivity contribution in [3.05, 3.63) is 24.3 Å². The number of carbonyl (C=O) groups is 1. The fourth-order valence-electron chi connectivity index (χ4n) is 2.20. The molecule has 1 amide bonds. The summed E-state index contributed by atoms with van der Waals surface area (Å²) in [5.74, 6) is 0.419. The maximum atomic E-state index is 12.3. The van der Waals surface area contributed by atoms with Gasteiger partial charge in [-0.3, -0.25) is 4.79 Å². The van der Waals surface area contributed by atoms with E-state index in [-0.39, 0.29) is 17.2 Å². The molecule has 2 rings (SSSR count). The summed E-state index contributed by atoms with van der Waals surface area (Å²) in [5, 5.41) is 0. The number of nitrogens with zero attached hydrogens (tertiary/aromatic N) is 1. The average Bonchev–Trinajstić information content (AvgIpc) is 2.91. The van der Waals surface area contributed by atoms with Gasteiger partial charge in [-0.25, -0.2) is 0 Å². The third-order valence-electron chi connectivity index (χ3n) is 3.60. The fraction of sp³-hybridized carbons (Fsp3) is 0.500. The molecule has 1 aromatic carbocycles. The van der Waals surface area contributed by atoms with Crippen LogP contribution in [0.2, 0.25) is 0 Å². The summed E-state index contributed by atoms with van der Waals surface area (Å²) >= 11 is 0. The molecule has 17 heavy (non-hydrogen) atoms. The summed E-state index contributed by atoms with van der Waals surface area (Å²) < 4.78 is 0. The first-order valence-corrected chi connectivity index (χ1v) is 6.12. The number of nitrogens with two attached hydrogens (primary N) is 1. The number of rotatable bonds is 3. The van der Waals surface area contributed by atoms with Crippen molar-refractivity contribution >= 4 is 17.3 Å². The highest BCUT2D eigenvalue weighted by Crippen LogP contribution is 2.52. The molecule has 0 heterocycles. The molecule has 92 valence electrons. The van der Waals surface area contributed by atoms with E-state index in [9.17, 15) is 4.79 Å². The maximum Gasteiger partial charge on any atom is 0.230 e. The highest BCUT2D eigenvalue weighted by Gasteiger charge is 2.51. The van der Waals surface area contributed by atoms with Crippen molar-refractivity contribution in [1.29, 1.82) is 0 Å². The fourth-order valence-corrected chi connectivity index (χ4v) is 2.20. The first kappa shape index (κ1) is 12.0. The smallest absolute Gasteiger partial charge is 0.230 e. The van der Waals surface area contributed by atoms with Crippen molar-refractivity contribution in [3.63, 3.8) is 0 Å². The van der Waals surface area contributed by atoms with Gasteiger partial charge in [0.2, 0.25) is 5.91 Å². The number of anilines is 2. The first-order chi connectivity index (χ1) is 7.95. The minimum atomic E-state index is 0.179. The number of hydrogen-bond acceptors (Lipinski definition) is 2. The van der Waals surface area contributed by atoms with E-state index >= 15 is 0 Å². The van der Waals surface area contributed by atoms with Crippen LogP contribution < -0.4 is 10.6 Å². The van der Waals surface area contributed by atoms with Crippen LogP contribution in [0.25, 0.3) is 0 Å². The largest absolute Gasteiger partial charge is 0.399 e. The summed E-state index contributed by atoms with van der Waals surface area (Å²) in [5.41, 5.74) is 7.50. The monoisotopic (exact) mass is 232 g/mol. The Morgan fingerprint density at radius 3 is 2.35 bits per heavy atom. The summed E-state index contributed by atoms with van der Waals surface area (Å²) in [7, 11) is 0. The lowest BCUT2D eigenvalue weighted by Crippen LogP contribution is -2.33. The van der Waals surface area contributed by atoms with Crippen LogP contribution in [0.3, 0.4) is 0 Å². The van der Waals surface area contributed by atoms with E-state index in [0.29, 0.717) is 6.54 Å². The molecule has 1 saturated carbocycles. The first-order valence-electron chi connectivity index (χ1n) is 6.12. The van der Waals surface area contributed by atoms with Crippen LogP contribution in [0.15, 0.2) is 24.3 Å². The quantitative estimate of drug-likeness (QED) is 0.814. The van der Waals surface area contributed by atoms with Gasteiger partial charge in [0, 0.05) is 23.8 Å². The van der Waals surface area contributed by atoms with E-state index < -0.39 is 0 Å². The average molecular weight is 232 g/mol. The van der Waals surface area contributed by atoms with Gasteiger partial charge < -0.3 is 10.6 Å². The minimum Gasteiger partial charge on any atom is -0.399 e. The van der Waals surface area contributed by atoms with Gasteiger partial charge >= 0.3 is 0 Å². The summed E-state index contributed by atoms with van der Waals surface area (Å²) in [4.78, 5) is 14.2. The van der Waals surface area contributed by atoms with Crippen LogP contribution >= 0.6 is 0 Å². The molecular weight excluding hydrogens is 212 g/mol. The lowest BCUT2D eigenvalue weighted by Gasteiger charge is -2.22. The van der Waals surface area contributed by atoms with Crippen molar-refractivity contribution in [2.24, 2.45) is 11.3 Å². The molecular formula is C14H20N2O. The van der Waals surface area contributed by atoms with Crippen LogP contribution in [-0.4, -0.2) is 12.5 Å². The third-order valence-corrected chi connectivity index (χ3v) is 3.60. The Morgan fingerprint density at radius 2 is 1.94 bits per heavy atom. The van der Waals surface area contributed by atoms with Crippen molar-refractivity contribution < 1.29 is 4.79 Å². The molecule has 1 unspecified atom stereocenters. The molecule has 0 aromatic heterocycles. The second-order valence-electron chi connectivity index (χ2n) is 5.42. The molecule has 1 aromatic rings. The lowest BCUT2D eigenvalue weighted by atomic mass is 10.1. The molecule has 0 saturated heterocycles. The number of nitrogen functional groups attached to an aromatic ring is 1. The third kappa shape index (κ3) is 2.28. The van der Waals surface area contributed by atoms with Crippen LogP contribution in [0, 0.1) is 11.3 Å². The zero-order valence-corrected chi connectivity index (χ0v) is 10.7. The van der Waals surface area contributed by atoms with E-state index in [1.807, 2.05) is 36.1 Å². The summed E-state index contributed by atoms with van der Waals surface area (Å²) in [6.07, 6.45) is 0.997. The molecule has 1 aliphatic carbocycles. The zero-order chi connectivity index (χ0) is 12.6. The second-order valence-corrected chi connectivity index (χ2v) is 5.42. The van der Waals surface area contributed by atoms with Gasteiger partial charge in [0.25, 0.3) is 0 Å². The molecule has 3 heteroatoms. The zero-order valence-electron chi connectivity index (χ0n) is 10.7. The predicted octanol–water partition coefficient (Wildman–Crippen LogP) is 2.67. The van der Waals surface area contributed by atoms with Crippen LogP contribution in [0.5, 0.6) is 0 Å². The highest BCUT2D eigenvalue weighted by molar-refractivity contribution is 5.97. The van der Waals surface area contributed by atoms with Gasteiger partial charge in [-0.15, -0.1) is 0 Å². The Morgan fingerprint density at radius 1 is 1.41 bits per heavy atom. The van der Waals surface area contributed by atoms with Crippen LogP contribution in [0.1, 0.15) is 27.2 Å². The van der Waals surface area contributed by atoms with Crippen molar-refractivity contribution in [3.8, 4) is 0 Å². The molecule has 0 radical (unpaired) electrons. The Balaban J connectivity index is 2.17. The molecule has 1 fully saturated rings. The Hall–Kier alpha value is -1.51. The molecule has 1 aliphatic rings. The van der Waals surface area contributed by atoms with Crippen molar-refractivity contribution in [2.75, 3.05) is 17.2 Å². The van der Waals surface area contributed by atoms with Crippen LogP contribution in [-0.2, 0) is 4.79 Å². The van der Waals surface area contributed by atoms with Crippen LogP contribution in [0.4, 0.5) is 11.4 Å². The van der Waals surface area contributed by atoms with E-state index in [2.05, 4.69) is 13.8 Å². The number of hydrogen-bond donors (Lipinski definition) is 1. The summed E-state index contributed by atoms with van der Waals surface area (Å²) in [6, 6.07) is 7.49. The standard InChI is InChI=1S/C14H20N2O/c1-4-16(11-7-5-10(15)6-8-11)13(17)12-9-14(12,2)3/h5-8,12H,4,9,15H2,1-3H3. The SMILES string of the molecule is CCN(C(=O)C1CC1(C)C)c1ccc(N)cc1. The Labute approximate surface area is 103 Å². The molecule has 1 atom stereocenters. The molecule has 0 spiro atoms. The van der Waals surface area contributed by atoms with Gasteiger partial charge in [-0.1, -0.05) is 13.8 Å². The van der Waals surface area contributed by atoms with Gasteiger partial charge in [-0.2, -0.15) is 0 Å². The normalized spacial score (nSPS) is 21.0. The molecule has 3 nitrogen and oxygen atoms in total. The van der Waals surface area contributed by atoms with Gasteiger partial charge in [0.05, 0.1) is 0 Å². The minimum absolute atomic E-state index is 0.179. The maximum absolute atomic E-state index is 12.3. The van der Waals surface area contributed by atoms with E-state index in [4.69, 9.17) is 5.73 Å².